The third-order valence-electron chi connectivity index (χ3n) is 4.97. The van der Waals surface area contributed by atoms with Crippen molar-refractivity contribution in [2.24, 2.45) is 5.92 Å². The molecule has 25 heavy (non-hydrogen) atoms. The molecular formula is C18H26N2O4S. The first-order valence-electron chi connectivity index (χ1n) is 9.03. The van der Waals surface area contributed by atoms with E-state index in [4.69, 9.17) is 4.74 Å². The number of unbranched alkanes of at least 4 members (excludes halogenated alkanes) is 1. The molecule has 6 nitrogen and oxygen atoms in total. The van der Waals surface area contributed by atoms with Crippen molar-refractivity contribution in [2.45, 2.75) is 57.0 Å². The van der Waals surface area contributed by atoms with Crippen LogP contribution in [-0.4, -0.2) is 37.8 Å². The second-order valence-corrected chi connectivity index (χ2v) is 8.92. The number of carbonyl (C=O) groups excluding carboxylic acids is 1. The second-order valence-electron chi connectivity index (χ2n) is 6.98. The molecule has 2 heterocycles. The summed E-state index contributed by atoms with van der Waals surface area (Å²) >= 11 is 0. The largest absolute Gasteiger partial charge is 0.478 e. The normalized spacial score (nSPS) is 22.2. The quantitative estimate of drug-likeness (QED) is 0.869. The SMILES string of the molecule is CCCC[C@@H]1Oc2ccc(S(=O)(=O)N3CCC(C)CC3)cc2NC1=O. The zero-order chi connectivity index (χ0) is 18.0. The van der Waals surface area contributed by atoms with Gasteiger partial charge in [0, 0.05) is 13.1 Å². The van der Waals surface area contributed by atoms with E-state index in [-0.39, 0.29) is 10.8 Å². The van der Waals surface area contributed by atoms with Crippen LogP contribution < -0.4 is 10.1 Å². The van der Waals surface area contributed by atoms with E-state index in [1.54, 1.807) is 12.1 Å². The Morgan fingerprint density at radius 2 is 2.00 bits per heavy atom. The van der Waals surface area contributed by atoms with Gasteiger partial charge in [-0.2, -0.15) is 4.31 Å². The Morgan fingerprint density at radius 3 is 2.68 bits per heavy atom. The van der Waals surface area contributed by atoms with Gasteiger partial charge in [-0.1, -0.05) is 20.3 Å². The molecule has 7 heteroatoms. The number of rotatable bonds is 5. The van der Waals surface area contributed by atoms with Gasteiger partial charge in [-0.05, 0) is 49.8 Å². The Kier molecular flexibility index (Phi) is 5.34. The van der Waals surface area contributed by atoms with Crippen LogP contribution in [0.2, 0.25) is 0 Å². The van der Waals surface area contributed by atoms with Gasteiger partial charge in [0.05, 0.1) is 10.6 Å². The molecule has 2 aliphatic rings. The first kappa shape index (κ1) is 18.2. The molecule has 1 amide bonds. The van der Waals surface area contributed by atoms with Gasteiger partial charge in [0.25, 0.3) is 5.91 Å². The molecule has 2 aliphatic heterocycles. The Labute approximate surface area is 149 Å². The topological polar surface area (TPSA) is 75.7 Å². The Hall–Kier alpha value is -1.60. The van der Waals surface area contributed by atoms with Crippen LogP contribution in [0.15, 0.2) is 23.1 Å². The highest BCUT2D eigenvalue weighted by Crippen LogP contribution is 2.34. The first-order valence-corrected chi connectivity index (χ1v) is 10.5. The van der Waals surface area contributed by atoms with E-state index < -0.39 is 16.1 Å². The highest BCUT2D eigenvalue weighted by atomic mass is 32.2. The molecule has 1 atom stereocenters. The molecule has 0 aromatic heterocycles. The van der Waals surface area contributed by atoms with Crippen molar-refractivity contribution in [3.05, 3.63) is 18.2 Å². The molecule has 0 radical (unpaired) electrons. The summed E-state index contributed by atoms with van der Waals surface area (Å²) < 4.78 is 33.0. The fourth-order valence-electron chi connectivity index (χ4n) is 3.24. The summed E-state index contributed by atoms with van der Waals surface area (Å²) in [4.78, 5) is 12.4. The number of sulfonamides is 1. The zero-order valence-corrected chi connectivity index (χ0v) is 15.6. The molecule has 1 fully saturated rings. The van der Waals surface area contributed by atoms with Crippen LogP contribution in [0.3, 0.4) is 0 Å². The number of nitrogens with zero attached hydrogens (tertiary/aromatic N) is 1. The number of anilines is 1. The number of fused-ring (bicyclic) bond motifs is 1. The van der Waals surface area contributed by atoms with Gasteiger partial charge < -0.3 is 10.1 Å². The molecule has 3 rings (SSSR count). The van der Waals surface area contributed by atoms with E-state index in [0.29, 0.717) is 36.9 Å². The molecule has 0 bridgehead atoms. The average molecular weight is 366 g/mol. The van der Waals surface area contributed by atoms with Crippen LogP contribution in [-0.2, 0) is 14.8 Å². The minimum atomic E-state index is -3.54. The van der Waals surface area contributed by atoms with Crippen LogP contribution in [0.5, 0.6) is 5.75 Å². The van der Waals surface area contributed by atoms with Crippen molar-refractivity contribution in [1.29, 1.82) is 0 Å². The van der Waals surface area contributed by atoms with Gasteiger partial charge in [0.15, 0.2) is 6.10 Å². The summed E-state index contributed by atoms with van der Waals surface area (Å²) in [6.45, 7) is 5.29. The van der Waals surface area contributed by atoms with Crippen molar-refractivity contribution in [1.82, 2.24) is 4.31 Å². The standard InChI is InChI=1S/C18H26N2O4S/c1-3-4-5-17-18(21)19-15-12-14(6-7-16(15)24-17)25(22,23)20-10-8-13(2)9-11-20/h6-7,12-13,17H,3-5,8-11H2,1-2H3,(H,19,21)/t17-/m0/s1. The van der Waals surface area contributed by atoms with Gasteiger partial charge in [-0.3, -0.25) is 4.79 Å². The van der Waals surface area contributed by atoms with Crippen molar-refractivity contribution in [2.75, 3.05) is 18.4 Å². The van der Waals surface area contributed by atoms with Crippen LogP contribution in [0.25, 0.3) is 0 Å². The molecule has 1 N–H and O–H groups in total. The Morgan fingerprint density at radius 1 is 1.28 bits per heavy atom. The van der Waals surface area contributed by atoms with Gasteiger partial charge in [-0.15, -0.1) is 0 Å². The lowest BCUT2D eigenvalue weighted by Gasteiger charge is -2.30. The molecule has 138 valence electrons. The fraction of sp³-hybridized carbons (Fsp3) is 0.611. The molecule has 1 aromatic carbocycles. The number of hydrogen-bond acceptors (Lipinski definition) is 4. The second kappa shape index (κ2) is 7.33. The van der Waals surface area contributed by atoms with E-state index in [2.05, 4.69) is 19.2 Å². The molecule has 0 saturated carbocycles. The van der Waals surface area contributed by atoms with Gasteiger partial charge in [0.1, 0.15) is 5.75 Å². The van der Waals surface area contributed by atoms with Gasteiger partial charge in [0.2, 0.25) is 10.0 Å². The fourth-order valence-corrected chi connectivity index (χ4v) is 4.74. The number of nitrogens with one attached hydrogen (secondary N) is 1. The van der Waals surface area contributed by atoms with Gasteiger partial charge in [-0.25, -0.2) is 8.42 Å². The first-order chi connectivity index (χ1) is 11.9. The molecule has 1 aromatic rings. The highest BCUT2D eigenvalue weighted by molar-refractivity contribution is 7.89. The number of benzene rings is 1. The third-order valence-corrected chi connectivity index (χ3v) is 6.87. The molecule has 1 saturated heterocycles. The summed E-state index contributed by atoms with van der Waals surface area (Å²) in [6.07, 6.45) is 3.82. The summed E-state index contributed by atoms with van der Waals surface area (Å²) in [7, 11) is -3.54. The van der Waals surface area contributed by atoms with E-state index in [0.717, 1.165) is 25.7 Å². The maximum atomic E-state index is 12.8. The predicted molar refractivity (Wildman–Crippen MR) is 96.2 cm³/mol. The molecule has 0 aliphatic carbocycles. The number of amides is 1. The third kappa shape index (κ3) is 3.82. The van der Waals surface area contributed by atoms with E-state index in [1.807, 2.05) is 0 Å². The minimum Gasteiger partial charge on any atom is -0.478 e. The van der Waals surface area contributed by atoms with Crippen LogP contribution in [0.4, 0.5) is 5.69 Å². The zero-order valence-electron chi connectivity index (χ0n) is 14.8. The van der Waals surface area contributed by atoms with E-state index in [9.17, 15) is 13.2 Å². The van der Waals surface area contributed by atoms with E-state index in [1.165, 1.54) is 10.4 Å². The monoisotopic (exact) mass is 366 g/mol. The summed E-state index contributed by atoms with van der Waals surface area (Å²) in [5.74, 6) is 0.886. The van der Waals surface area contributed by atoms with Gasteiger partial charge >= 0.3 is 0 Å². The van der Waals surface area contributed by atoms with Crippen molar-refractivity contribution < 1.29 is 17.9 Å². The maximum Gasteiger partial charge on any atom is 0.265 e. The Bertz CT molecular complexity index is 739. The van der Waals surface area contributed by atoms with E-state index >= 15 is 0 Å². The van der Waals surface area contributed by atoms with Crippen molar-refractivity contribution in [3.63, 3.8) is 0 Å². The number of carbonyl (C=O) groups is 1. The van der Waals surface area contributed by atoms with Crippen LogP contribution in [0.1, 0.15) is 46.0 Å². The molecule has 0 unspecified atom stereocenters. The molecule has 0 spiro atoms. The lowest BCUT2D eigenvalue weighted by molar-refractivity contribution is -0.123. The van der Waals surface area contributed by atoms with Crippen LogP contribution >= 0.6 is 0 Å². The van der Waals surface area contributed by atoms with Crippen molar-refractivity contribution in [3.8, 4) is 5.75 Å². The smallest absolute Gasteiger partial charge is 0.265 e. The number of hydrogen-bond donors (Lipinski definition) is 1. The maximum absolute atomic E-state index is 12.8. The van der Waals surface area contributed by atoms with Crippen LogP contribution in [0, 0.1) is 5.92 Å². The predicted octanol–water partition coefficient (Wildman–Crippen LogP) is 3.00. The summed E-state index contributed by atoms with van der Waals surface area (Å²) in [6, 6.07) is 4.73. The highest BCUT2D eigenvalue weighted by Gasteiger charge is 2.31. The minimum absolute atomic E-state index is 0.205. The Balaban J connectivity index is 1.80. The summed E-state index contributed by atoms with van der Waals surface area (Å²) in [5, 5.41) is 2.79. The van der Waals surface area contributed by atoms with Crippen molar-refractivity contribution >= 4 is 21.6 Å². The lowest BCUT2D eigenvalue weighted by Crippen LogP contribution is -2.38. The lowest BCUT2D eigenvalue weighted by atomic mass is 10.0. The summed E-state index contributed by atoms with van der Waals surface area (Å²) in [5.41, 5.74) is 0.434. The molecular weight excluding hydrogens is 340 g/mol. The number of ether oxygens (including phenoxy) is 1. The number of piperidine rings is 1. The average Bonchev–Trinajstić information content (AvgIpc) is 2.59.